The van der Waals surface area contributed by atoms with Crippen molar-refractivity contribution in [2.24, 2.45) is 5.92 Å². The highest BCUT2D eigenvalue weighted by Crippen LogP contribution is 2.27. The lowest BCUT2D eigenvalue weighted by molar-refractivity contribution is 0.249. The number of nitrogens with zero attached hydrogens (tertiary/aromatic N) is 3. The zero-order chi connectivity index (χ0) is 17.8. The van der Waals surface area contributed by atoms with Gasteiger partial charge in [0.15, 0.2) is 0 Å². The summed E-state index contributed by atoms with van der Waals surface area (Å²) in [5.41, 5.74) is 2.64. The Morgan fingerprint density at radius 1 is 1.24 bits per heavy atom. The summed E-state index contributed by atoms with van der Waals surface area (Å²) in [6.45, 7) is 5.96. The first-order valence-electron chi connectivity index (χ1n) is 8.71. The van der Waals surface area contributed by atoms with Crippen molar-refractivity contribution in [2.75, 3.05) is 30.5 Å². The second kappa shape index (κ2) is 7.70. The third kappa shape index (κ3) is 4.02. The Morgan fingerprint density at radius 2 is 2.08 bits per heavy atom. The SMILES string of the molecule is COc1ccc2c(c1)CCN(c1cc(N[C@H](CO)C(C)C)ncn1)C2. The molecule has 0 unspecified atom stereocenters. The summed E-state index contributed by atoms with van der Waals surface area (Å²) >= 11 is 0. The van der Waals surface area contributed by atoms with Crippen molar-refractivity contribution in [3.05, 3.63) is 41.7 Å². The van der Waals surface area contributed by atoms with Crippen molar-refractivity contribution in [3.63, 3.8) is 0 Å². The predicted molar refractivity (Wildman–Crippen MR) is 99.1 cm³/mol. The normalized spacial score (nSPS) is 15.0. The lowest BCUT2D eigenvalue weighted by atomic mass is 9.99. The van der Waals surface area contributed by atoms with E-state index >= 15 is 0 Å². The average Bonchev–Trinajstić information content (AvgIpc) is 2.65. The number of fused-ring (bicyclic) bond motifs is 1. The van der Waals surface area contributed by atoms with E-state index in [0.29, 0.717) is 5.92 Å². The number of hydrogen-bond donors (Lipinski definition) is 2. The molecule has 1 atom stereocenters. The number of benzene rings is 1. The number of anilines is 2. The van der Waals surface area contributed by atoms with Gasteiger partial charge in [0.25, 0.3) is 0 Å². The predicted octanol–water partition coefficient (Wildman–Crippen LogP) is 2.48. The summed E-state index contributed by atoms with van der Waals surface area (Å²) in [4.78, 5) is 11.0. The molecule has 0 radical (unpaired) electrons. The van der Waals surface area contributed by atoms with Crippen LogP contribution in [0.3, 0.4) is 0 Å². The maximum Gasteiger partial charge on any atom is 0.134 e. The molecule has 2 N–H and O–H groups in total. The van der Waals surface area contributed by atoms with Gasteiger partial charge in [-0.2, -0.15) is 0 Å². The minimum Gasteiger partial charge on any atom is -0.497 e. The number of aromatic nitrogens is 2. The van der Waals surface area contributed by atoms with E-state index < -0.39 is 0 Å². The Labute approximate surface area is 148 Å². The van der Waals surface area contributed by atoms with Crippen molar-refractivity contribution < 1.29 is 9.84 Å². The monoisotopic (exact) mass is 342 g/mol. The molecule has 0 spiro atoms. The van der Waals surface area contributed by atoms with Gasteiger partial charge in [-0.3, -0.25) is 0 Å². The van der Waals surface area contributed by atoms with Crippen molar-refractivity contribution >= 4 is 11.6 Å². The zero-order valence-electron chi connectivity index (χ0n) is 15.1. The highest BCUT2D eigenvalue weighted by Gasteiger charge is 2.19. The third-order valence-electron chi connectivity index (χ3n) is 4.74. The van der Waals surface area contributed by atoms with Crippen LogP contribution in [-0.4, -0.2) is 41.4 Å². The zero-order valence-corrected chi connectivity index (χ0v) is 15.1. The van der Waals surface area contributed by atoms with E-state index in [1.165, 1.54) is 11.1 Å². The number of rotatable bonds is 6. The summed E-state index contributed by atoms with van der Waals surface area (Å²) < 4.78 is 5.31. The van der Waals surface area contributed by atoms with Crippen LogP contribution in [0.2, 0.25) is 0 Å². The van der Waals surface area contributed by atoms with Crippen LogP contribution in [0.5, 0.6) is 5.75 Å². The van der Waals surface area contributed by atoms with Gasteiger partial charge in [0.1, 0.15) is 23.7 Å². The molecule has 2 heterocycles. The maximum atomic E-state index is 9.50. The standard InChI is InChI=1S/C19H26N4O2/c1-13(2)17(11-24)22-18-9-19(21-12-20-18)23-7-6-14-8-16(25-3)5-4-15(14)10-23/h4-5,8-9,12-13,17,24H,6-7,10-11H2,1-3H3,(H,20,21,22)/t17-/m1/s1. The first-order valence-corrected chi connectivity index (χ1v) is 8.71. The van der Waals surface area contributed by atoms with E-state index in [0.717, 1.165) is 36.9 Å². The first-order chi connectivity index (χ1) is 12.1. The Balaban J connectivity index is 1.75. The van der Waals surface area contributed by atoms with E-state index in [9.17, 15) is 5.11 Å². The lowest BCUT2D eigenvalue weighted by Crippen LogP contribution is -2.32. The molecule has 1 aliphatic heterocycles. The fourth-order valence-corrected chi connectivity index (χ4v) is 3.06. The van der Waals surface area contributed by atoms with Crippen molar-refractivity contribution in [3.8, 4) is 5.75 Å². The second-order valence-electron chi connectivity index (χ2n) is 6.75. The minimum absolute atomic E-state index is 0.0164. The molecule has 0 saturated carbocycles. The molecule has 1 aliphatic rings. The number of aliphatic hydroxyl groups is 1. The Hall–Kier alpha value is -2.34. The van der Waals surface area contributed by atoms with Crippen molar-refractivity contribution in [1.82, 2.24) is 9.97 Å². The molecular weight excluding hydrogens is 316 g/mol. The summed E-state index contributed by atoms with van der Waals surface area (Å²) in [5, 5.41) is 12.8. The topological polar surface area (TPSA) is 70.5 Å². The average molecular weight is 342 g/mol. The largest absolute Gasteiger partial charge is 0.497 e. The number of aliphatic hydroxyl groups excluding tert-OH is 1. The van der Waals surface area contributed by atoms with E-state index in [1.54, 1.807) is 13.4 Å². The van der Waals surface area contributed by atoms with Crippen LogP contribution in [0, 0.1) is 5.92 Å². The minimum atomic E-state index is -0.0164. The van der Waals surface area contributed by atoms with E-state index in [2.05, 4.69) is 46.2 Å². The van der Waals surface area contributed by atoms with E-state index in [1.807, 2.05) is 12.1 Å². The summed E-state index contributed by atoms with van der Waals surface area (Å²) in [6, 6.07) is 8.19. The molecule has 6 nitrogen and oxygen atoms in total. The molecule has 1 aromatic heterocycles. The molecule has 134 valence electrons. The summed E-state index contributed by atoms with van der Waals surface area (Å²) in [5.74, 6) is 2.88. The molecule has 0 saturated heterocycles. The molecule has 25 heavy (non-hydrogen) atoms. The lowest BCUT2D eigenvalue weighted by Gasteiger charge is -2.30. The van der Waals surface area contributed by atoms with Gasteiger partial charge in [-0.05, 0) is 35.6 Å². The number of nitrogens with one attached hydrogen (secondary N) is 1. The van der Waals surface area contributed by atoms with Crippen LogP contribution in [-0.2, 0) is 13.0 Å². The maximum absolute atomic E-state index is 9.50. The van der Waals surface area contributed by atoms with Crippen LogP contribution >= 0.6 is 0 Å². The quantitative estimate of drug-likeness (QED) is 0.840. The smallest absolute Gasteiger partial charge is 0.134 e. The number of hydrogen-bond acceptors (Lipinski definition) is 6. The van der Waals surface area contributed by atoms with Crippen LogP contribution in [0.15, 0.2) is 30.6 Å². The summed E-state index contributed by atoms with van der Waals surface area (Å²) in [6.07, 6.45) is 2.54. The van der Waals surface area contributed by atoms with Gasteiger partial charge >= 0.3 is 0 Å². The second-order valence-corrected chi connectivity index (χ2v) is 6.75. The third-order valence-corrected chi connectivity index (χ3v) is 4.74. The van der Waals surface area contributed by atoms with Gasteiger partial charge in [0.2, 0.25) is 0 Å². The number of ether oxygens (including phenoxy) is 1. The van der Waals surface area contributed by atoms with Crippen LogP contribution in [0.4, 0.5) is 11.6 Å². The highest BCUT2D eigenvalue weighted by molar-refractivity contribution is 5.51. The molecular formula is C19H26N4O2. The fraction of sp³-hybridized carbons (Fsp3) is 0.474. The fourth-order valence-electron chi connectivity index (χ4n) is 3.06. The number of methoxy groups -OCH3 is 1. The summed E-state index contributed by atoms with van der Waals surface area (Å²) in [7, 11) is 1.70. The van der Waals surface area contributed by atoms with Crippen molar-refractivity contribution in [2.45, 2.75) is 32.9 Å². The molecule has 2 aromatic rings. The first kappa shape index (κ1) is 17.5. The van der Waals surface area contributed by atoms with Gasteiger partial charge in [0, 0.05) is 19.2 Å². The molecule has 0 bridgehead atoms. The molecule has 3 rings (SSSR count). The van der Waals surface area contributed by atoms with Gasteiger partial charge in [-0.25, -0.2) is 9.97 Å². The molecule has 0 fully saturated rings. The Bertz CT molecular complexity index is 720. The van der Waals surface area contributed by atoms with Crippen LogP contribution < -0.4 is 15.0 Å². The van der Waals surface area contributed by atoms with E-state index in [-0.39, 0.29) is 12.6 Å². The Kier molecular flexibility index (Phi) is 5.38. The van der Waals surface area contributed by atoms with Crippen LogP contribution in [0.25, 0.3) is 0 Å². The van der Waals surface area contributed by atoms with Gasteiger partial charge in [0.05, 0.1) is 19.8 Å². The Morgan fingerprint density at radius 3 is 2.80 bits per heavy atom. The van der Waals surface area contributed by atoms with Crippen molar-refractivity contribution in [1.29, 1.82) is 0 Å². The van der Waals surface area contributed by atoms with Gasteiger partial charge < -0.3 is 20.1 Å². The van der Waals surface area contributed by atoms with Crippen LogP contribution in [0.1, 0.15) is 25.0 Å². The molecule has 0 amide bonds. The van der Waals surface area contributed by atoms with Gasteiger partial charge in [-0.15, -0.1) is 0 Å². The van der Waals surface area contributed by atoms with Gasteiger partial charge in [-0.1, -0.05) is 19.9 Å². The highest BCUT2D eigenvalue weighted by atomic mass is 16.5. The van der Waals surface area contributed by atoms with E-state index in [4.69, 9.17) is 4.74 Å². The molecule has 6 heteroatoms. The molecule has 1 aromatic carbocycles. The molecule has 0 aliphatic carbocycles.